The molecule has 0 fully saturated rings. The lowest BCUT2D eigenvalue weighted by Gasteiger charge is -2.03. The van der Waals surface area contributed by atoms with Crippen LogP contribution in [0.15, 0.2) is 29.2 Å². The Labute approximate surface area is 77.0 Å². The van der Waals surface area contributed by atoms with E-state index < -0.39 is 11.1 Å². The fourth-order valence-electron chi connectivity index (χ4n) is 1.32. The van der Waals surface area contributed by atoms with Gasteiger partial charge in [-0.1, -0.05) is 18.2 Å². The summed E-state index contributed by atoms with van der Waals surface area (Å²) < 4.78 is 21.6. The third kappa shape index (κ3) is 1.22. The molecule has 0 amide bonds. The van der Waals surface area contributed by atoms with Crippen LogP contribution in [0.2, 0.25) is 0 Å². The number of hydrogen-bond acceptors (Lipinski definition) is 3. The Morgan fingerprint density at radius 3 is 2.77 bits per heavy atom. The molecule has 0 bridgehead atoms. The van der Waals surface area contributed by atoms with Gasteiger partial charge in [-0.05, 0) is 17.1 Å². The van der Waals surface area contributed by atoms with E-state index >= 15 is 0 Å². The first kappa shape index (κ1) is 8.28. The van der Waals surface area contributed by atoms with Gasteiger partial charge in [0.15, 0.2) is 0 Å². The van der Waals surface area contributed by atoms with Crippen molar-refractivity contribution >= 4 is 27.8 Å². The van der Waals surface area contributed by atoms with Gasteiger partial charge in [-0.25, -0.2) is 0 Å². The number of rotatable bonds is 1. The van der Waals surface area contributed by atoms with Crippen LogP contribution in [0.1, 0.15) is 0 Å². The molecule has 0 aliphatic heterocycles. The van der Waals surface area contributed by atoms with E-state index in [1.807, 2.05) is 6.07 Å². The van der Waals surface area contributed by atoms with E-state index in [9.17, 15) is 8.76 Å². The third-order valence-electron chi connectivity index (χ3n) is 1.85. The van der Waals surface area contributed by atoms with Crippen LogP contribution in [-0.4, -0.2) is 13.7 Å². The van der Waals surface area contributed by atoms with Crippen molar-refractivity contribution < 1.29 is 8.76 Å². The maximum Gasteiger partial charge on any atom is 0.117 e. The van der Waals surface area contributed by atoms with Gasteiger partial charge in [0.05, 0.1) is 4.90 Å². The summed E-state index contributed by atoms with van der Waals surface area (Å²) in [6.45, 7) is 0. The number of nitrogens with one attached hydrogen (secondary N) is 1. The van der Waals surface area contributed by atoms with E-state index in [0.29, 0.717) is 5.39 Å². The molecule has 0 aliphatic rings. The smallest absolute Gasteiger partial charge is 0.117 e. The average Bonchev–Trinajstić information content (AvgIpc) is 2.39. The lowest BCUT2D eigenvalue weighted by molar-refractivity contribution is 0.538. The minimum Gasteiger partial charge on any atom is -0.768 e. The quantitative estimate of drug-likeness (QED) is 0.665. The van der Waals surface area contributed by atoms with Crippen molar-refractivity contribution in [3.05, 3.63) is 24.3 Å². The van der Waals surface area contributed by atoms with Crippen LogP contribution in [0, 0.1) is 0 Å². The summed E-state index contributed by atoms with van der Waals surface area (Å²) in [6, 6.07) is 7.08. The number of para-hydroxylation sites is 1. The lowest BCUT2D eigenvalue weighted by Crippen LogP contribution is -1.93. The topological polar surface area (TPSA) is 81.9 Å². The highest BCUT2D eigenvalue weighted by molar-refractivity contribution is 7.79. The molecule has 13 heavy (non-hydrogen) atoms. The average molecular weight is 195 g/mol. The minimum atomic E-state index is -2.29. The third-order valence-corrected chi connectivity index (χ3v) is 2.63. The summed E-state index contributed by atoms with van der Waals surface area (Å²) in [5.41, 5.74) is 6.24. The van der Waals surface area contributed by atoms with Crippen molar-refractivity contribution in [3.63, 3.8) is 0 Å². The molecule has 1 aromatic heterocycles. The SMILES string of the molecule is Nc1[nH]c2ccccc2c1S(=O)[O-]. The van der Waals surface area contributed by atoms with Gasteiger partial charge in [-0.3, -0.25) is 4.21 Å². The van der Waals surface area contributed by atoms with E-state index in [0.717, 1.165) is 5.52 Å². The van der Waals surface area contributed by atoms with Crippen LogP contribution in [0.5, 0.6) is 0 Å². The highest BCUT2D eigenvalue weighted by atomic mass is 32.2. The highest BCUT2D eigenvalue weighted by Crippen LogP contribution is 2.25. The molecular formula is C8H7N2O2S-. The summed E-state index contributed by atoms with van der Waals surface area (Å²) in [5, 5.41) is 0.633. The zero-order valence-corrected chi connectivity index (χ0v) is 7.43. The molecule has 5 heteroatoms. The Kier molecular flexibility index (Phi) is 1.82. The predicted molar refractivity (Wildman–Crippen MR) is 49.9 cm³/mol. The van der Waals surface area contributed by atoms with Gasteiger partial charge in [0.1, 0.15) is 5.82 Å². The molecule has 0 spiro atoms. The molecule has 0 aliphatic carbocycles. The molecule has 0 radical (unpaired) electrons. The van der Waals surface area contributed by atoms with Gasteiger partial charge in [-0.15, -0.1) is 0 Å². The van der Waals surface area contributed by atoms with Crippen molar-refractivity contribution in [1.82, 2.24) is 4.98 Å². The van der Waals surface area contributed by atoms with Crippen LogP contribution >= 0.6 is 0 Å². The van der Waals surface area contributed by atoms with Crippen LogP contribution in [0.3, 0.4) is 0 Å². The summed E-state index contributed by atoms with van der Waals surface area (Å²) in [7, 11) is 0. The number of anilines is 1. The number of benzene rings is 1. The summed E-state index contributed by atoms with van der Waals surface area (Å²) in [6.07, 6.45) is 0. The minimum absolute atomic E-state index is 0.149. The molecule has 1 aromatic carbocycles. The Morgan fingerprint density at radius 2 is 2.08 bits per heavy atom. The van der Waals surface area contributed by atoms with Crippen molar-refractivity contribution in [2.24, 2.45) is 0 Å². The molecular weight excluding hydrogens is 188 g/mol. The Morgan fingerprint density at radius 1 is 1.38 bits per heavy atom. The number of hydrogen-bond donors (Lipinski definition) is 2. The number of nitrogen functional groups attached to an aromatic ring is 1. The number of aromatic nitrogens is 1. The van der Waals surface area contributed by atoms with Crippen LogP contribution in [0.4, 0.5) is 5.82 Å². The first-order chi connectivity index (χ1) is 6.20. The fraction of sp³-hybridized carbons (Fsp3) is 0. The number of fused-ring (bicyclic) bond motifs is 1. The number of H-pyrrole nitrogens is 1. The zero-order valence-electron chi connectivity index (χ0n) is 6.61. The largest absolute Gasteiger partial charge is 0.768 e. The second-order valence-electron chi connectivity index (χ2n) is 2.65. The van der Waals surface area contributed by atoms with Gasteiger partial charge >= 0.3 is 0 Å². The normalized spacial score (nSPS) is 13.3. The molecule has 3 N–H and O–H groups in total. The Hall–Kier alpha value is -1.33. The Bertz CT molecular complexity index is 478. The number of nitrogens with two attached hydrogens (primary N) is 1. The van der Waals surface area contributed by atoms with Gasteiger partial charge in [0, 0.05) is 10.9 Å². The summed E-state index contributed by atoms with van der Waals surface area (Å²) >= 11 is -2.29. The van der Waals surface area contributed by atoms with Crippen LogP contribution in [0.25, 0.3) is 10.9 Å². The molecule has 2 aromatic rings. The highest BCUT2D eigenvalue weighted by Gasteiger charge is 2.07. The van der Waals surface area contributed by atoms with Gasteiger partial charge in [0.25, 0.3) is 0 Å². The van der Waals surface area contributed by atoms with E-state index in [4.69, 9.17) is 5.73 Å². The van der Waals surface area contributed by atoms with Gasteiger partial charge < -0.3 is 15.3 Å². The molecule has 68 valence electrons. The second kappa shape index (κ2) is 2.86. The standard InChI is InChI=1S/C8H8N2O2S/c9-8-7(13(11)12)5-3-1-2-4-6(5)10-8/h1-4,10H,9H2,(H,11,12)/p-1. The number of aromatic amines is 1. The zero-order chi connectivity index (χ0) is 9.42. The molecule has 1 heterocycles. The van der Waals surface area contributed by atoms with E-state index in [-0.39, 0.29) is 10.7 Å². The molecule has 1 atom stereocenters. The van der Waals surface area contributed by atoms with Crippen molar-refractivity contribution in [2.75, 3.05) is 5.73 Å². The first-order valence-corrected chi connectivity index (χ1v) is 4.73. The molecule has 1 unspecified atom stereocenters. The first-order valence-electron chi connectivity index (χ1n) is 3.65. The maximum absolute atomic E-state index is 10.8. The van der Waals surface area contributed by atoms with Crippen LogP contribution in [-0.2, 0) is 11.1 Å². The predicted octanol–water partition coefficient (Wildman–Crippen LogP) is 0.988. The van der Waals surface area contributed by atoms with E-state index in [1.165, 1.54) is 0 Å². The maximum atomic E-state index is 10.8. The molecule has 4 nitrogen and oxygen atoms in total. The lowest BCUT2D eigenvalue weighted by atomic mass is 10.2. The summed E-state index contributed by atoms with van der Waals surface area (Å²) in [4.78, 5) is 2.94. The fourth-order valence-corrected chi connectivity index (χ4v) is 1.90. The molecule has 0 saturated heterocycles. The van der Waals surface area contributed by atoms with Gasteiger partial charge in [-0.2, -0.15) is 0 Å². The monoisotopic (exact) mass is 195 g/mol. The van der Waals surface area contributed by atoms with Crippen molar-refractivity contribution in [2.45, 2.75) is 4.90 Å². The van der Waals surface area contributed by atoms with Crippen LogP contribution < -0.4 is 5.73 Å². The molecule has 0 saturated carbocycles. The van der Waals surface area contributed by atoms with E-state index in [2.05, 4.69) is 4.98 Å². The van der Waals surface area contributed by atoms with Crippen molar-refractivity contribution in [3.8, 4) is 0 Å². The van der Waals surface area contributed by atoms with Gasteiger partial charge in [0.2, 0.25) is 0 Å². The Balaban J connectivity index is 2.86. The summed E-state index contributed by atoms with van der Waals surface area (Å²) in [5.74, 6) is 0.189. The molecule has 2 rings (SSSR count). The second-order valence-corrected chi connectivity index (χ2v) is 3.53. The van der Waals surface area contributed by atoms with E-state index in [1.54, 1.807) is 18.2 Å². The van der Waals surface area contributed by atoms with Crippen molar-refractivity contribution in [1.29, 1.82) is 0 Å².